The summed E-state index contributed by atoms with van der Waals surface area (Å²) in [6.45, 7) is 9.84. The van der Waals surface area contributed by atoms with Crippen molar-refractivity contribution in [1.29, 1.82) is 0 Å². The lowest BCUT2D eigenvalue weighted by Crippen LogP contribution is -2.49. The minimum Gasteiger partial charge on any atom is -0.450 e. The highest BCUT2D eigenvalue weighted by Gasteiger charge is 2.33. The SMILES string of the molecule is CCCCOC(=O)N[C@H](C(=O)Nc1cc(CNCC(C)(C)N)ccn1)C1CCC(C)CC1. The maximum atomic E-state index is 13.2. The predicted octanol–water partition coefficient (Wildman–Crippen LogP) is 3.57. The van der Waals surface area contributed by atoms with Crippen LogP contribution in [0.5, 0.6) is 0 Å². The van der Waals surface area contributed by atoms with Crippen molar-refractivity contribution in [3.05, 3.63) is 23.9 Å². The van der Waals surface area contributed by atoms with Crippen LogP contribution >= 0.6 is 0 Å². The van der Waals surface area contributed by atoms with E-state index in [1.165, 1.54) is 0 Å². The Bertz CT molecular complexity index is 727. The Labute approximate surface area is 192 Å². The summed E-state index contributed by atoms with van der Waals surface area (Å²) in [7, 11) is 0. The molecule has 5 N–H and O–H groups in total. The maximum Gasteiger partial charge on any atom is 0.407 e. The van der Waals surface area contributed by atoms with Crippen LogP contribution in [0.25, 0.3) is 0 Å². The van der Waals surface area contributed by atoms with Crippen molar-refractivity contribution in [1.82, 2.24) is 15.6 Å². The highest BCUT2D eigenvalue weighted by atomic mass is 16.5. The van der Waals surface area contributed by atoms with Gasteiger partial charge < -0.3 is 26.4 Å². The molecule has 1 heterocycles. The number of alkyl carbamates (subject to hydrolysis) is 1. The molecule has 0 unspecified atom stereocenters. The lowest BCUT2D eigenvalue weighted by molar-refractivity contribution is -0.119. The summed E-state index contributed by atoms with van der Waals surface area (Å²) < 4.78 is 5.25. The molecule has 0 radical (unpaired) electrons. The maximum absolute atomic E-state index is 13.2. The van der Waals surface area contributed by atoms with Crippen molar-refractivity contribution in [2.45, 2.75) is 84.3 Å². The Morgan fingerprint density at radius 2 is 2.00 bits per heavy atom. The number of carbonyl (C=O) groups is 2. The highest BCUT2D eigenvalue weighted by molar-refractivity contribution is 5.96. The minimum atomic E-state index is -0.641. The molecule has 0 aliphatic heterocycles. The van der Waals surface area contributed by atoms with Crippen molar-refractivity contribution < 1.29 is 14.3 Å². The van der Waals surface area contributed by atoms with E-state index in [2.05, 4.69) is 27.9 Å². The van der Waals surface area contributed by atoms with Gasteiger partial charge in [-0.1, -0.05) is 33.1 Å². The molecule has 180 valence electrons. The van der Waals surface area contributed by atoms with Gasteiger partial charge in [-0.3, -0.25) is 4.79 Å². The first-order valence-electron chi connectivity index (χ1n) is 11.9. The van der Waals surface area contributed by atoms with Gasteiger partial charge in [0.05, 0.1) is 6.61 Å². The quantitative estimate of drug-likeness (QED) is 0.385. The van der Waals surface area contributed by atoms with Gasteiger partial charge in [0.1, 0.15) is 11.9 Å². The topological polar surface area (TPSA) is 118 Å². The number of ether oxygens (including phenoxy) is 1. The molecule has 1 atom stereocenters. The van der Waals surface area contributed by atoms with E-state index < -0.39 is 12.1 Å². The van der Waals surface area contributed by atoms with Crippen molar-refractivity contribution in [3.63, 3.8) is 0 Å². The molecule has 0 aromatic carbocycles. The van der Waals surface area contributed by atoms with E-state index in [0.29, 0.717) is 31.4 Å². The van der Waals surface area contributed by atoms with Gasteiger partial charge in [0.15, 0.2) is 0 Å². The van der Waals surface area contributed by atoms with Crippen molar-refractivity contribution in [2.24, 2.45) is 17.6 Å². The molecule has 0 spiro atoms. The number of nitrogens with zero attached hydrogens (tertiary/aromatic N) is 1. The molecular weight excluding hydrogens is 406 g/mol. The second-order valence-corrected chi connectivity index (χ2v) is 9.76. The molecule has 2 amide bonds. The first-order chi connectivity index (χ1) is 15.2. The van der Waals surface area contributed by atoms with Gasteiger partial charge in [-0.2, -0.15) is 0 Å². The first-order valence-corrected chi connectivity index (χ1v) is 11.9. The Morgan fingerprint density at radius 3 is 2.66 bits per heavy atom. The molecule has 0 saturated heterocycles. The van der Waals surface area contributed by atoms with Crippen LogP contribution in [0.2, 0.25) is 0 Å². The molecule has 1 aromatic heterocycles. The van der Waals surface area contributed by atoms with Gasteiger partial charge in [0, 0.05) is 24.8 Å². The van der Waals surface area contributed by atoms with Crippen LogP contribution in [0, 0.1) is 11.8 Å². The van der Waals surface area contributed by atoms with Gasteiger partial charge in [-0.25, -0.2) is 9.78 Å². The summed E-state index contributed by atoms with van der Waals surface area (Å²) in [5, 5.41) is 9.03. The number of nitrogens with two attached hydrogens (primary N) is 1. The Balaban J connectivity index is 2.01. The van der Waals surface area contributed by atoms with E-state index in [-0.39, 0.29) is 17.4 Å². The van der Waals surface area contributed by atoms with E-state index in [0.717, 1.165) is 44.1 Å². The molecule has 1 saturated carbocycles. The molecule has 8 nitrogen and oxygen atoms in total. The van der Waals surface area contributed by atoms with Crippen molar-refractivity contribution in [3.8, 4) is 0 Å². The highest BCUT2D eigenvalue weighted by Crippen LogP contribution is 2.31. The fourth-order valence-corrected chi connectivity index (χ4v) is 3.88. The number of aromatic nitrogens is 1. The number of carbonyl (C=O) groups excluding carboxylic acids is 2. The number of pyridine rings is 1. The fourth-order valence-electron chi connectivity index (χ4n) is 3.88. The Kier molecular flexibility index (Phi) is 10.4. The molecule has 32 heavy (non-hydrogen) atoms. The molecule has 1 fully saturated rings. The van der Waals surface area contributed by atoms with Crippen LogP contribution < -0.4 is 21.7 Å². The average Bonchev–Trinajstić information content (AvgIpc) is 2.72. The Hall–Kier alpha value is -2.19. The molecular formula is C24H41N5O3. The van der Waals surface area contributed by atoms with Crippen LogP contribution in [-0.4, -0.2) is 41.7 Å². The van der Waals surface area contributed by atoms with Crippen molar-refractivity contribution in [2.75, 3.05) is 18.5 Å². The first kappa shape index (κ1) is 26.1. The number of amides is 2. The molecule has 0 bridgehead atoms. The smallest absolute Gasteiger partial charge is 0.407 e. The number of hydrogen-bond donors (Lipinski definition) is 4. The number of unbranched alkanes of at least 4 members (excludes halogenated alkanes) is 1. The van der Waals surface area contributed by atoms with Crippen LogP contribution in [0.3, 0.4) is 0 Å². The second-order valence-electron chi connectivity index (χ2n) is 9.76. The second kappa shape index (κ2) is 12.7. The van der Waals surface area contributed by atoms with E-state index in [1.54, 1.807) is 6.20 Å². The summed E-state index contributed by atoms with van der Waals surface area (Å²) in [6.07, 6.45) is 6.79. The van der Waals surface area contributed by atoms with Gasteiger partial charge in [-0.05, 0) is 62.6 Å². The summed E-state index contributed by atoms with van der Waals surface area (Å²) in [5.41, 5.74) is 6.71. The van der Waals surface area contributed by atoms with E-state index in [1.807, 2.05) is 32.9 Å². The summed E-state index contributed by atoms with van der Waals surface area (Å²) in [5.74, 6) is 0.951. The number of anilines is 1. The third-order valence-corrected chi connectivity index (χ3v) is 5.80. The zero-order valence-electron chi connectivity index (χ0n) is 20.1. The number of nitrogens with one attached hydrogen (secondary N) is 3. The lowest BCUT2D eigenvalue weighted by atomic mass is 9.79. The van der Waals surface area contributed by atoms with Crippen LogP contribution in [-0.2, 0) is 16.1 Å². The zero-order valence-corrected chi connectivity index (χ0v) is 20.1. The van der Waals surface area contributed by atoms with E-state index in [9.17, 15) is 9.59 Å². The number of hydrogen-bond acceptors (Lipinski definition) is 6. The number of rotatable bonds is 11. The molecule has 1 aromatic rings. The Morgan fingerprint density at radius 1 is 1.28 bits per heavy atom. The summed E-state index contributed by atoms with van der Waals surface area (Å²) >= 11 is 0. The van der Waals surface area contributed by atoms with Crippen LogP contribution in [0.1, 0.15) is 71.8 Å². The summed E-state index contributed by atoms with van der Waals surface area (Å²) in [4.78, 5) is 29.7. The minimum absolute atomic E-state index is 0.0848. The van der Waals surface area contributed by atoms with Gasteiger partial charge >= 0.3 is 6.09 Å². The van der Waals surface area contributed by atoms with Crippen LogP contribution in [0.15, 0.2) is 18.3 Å². The van der Waals surface area contributed by atoms with E-state index >= 15 is 0 Å². The zero-order chi connectivity index (χ0) is 23.6. The van der Waals surface area contributed by atoms with Gasteiger partial charge in [0.2, 0.25) is 5.91 Å². The summed E-state index contributed by atoms with van der Waals surface area (Å²) in [6, 6.07) is 3.10. The largest absolute Gasteiger partial charge is 0.450 e. The van der Waals surface area contributed by atoms with E-state index in [4.69, 9.17) is 10.5 Å². The van der Waals surface area contributed by atoms with Crippen LogP contribution in [0.4, 0.5) is 10.6 Å². The van der Waals surface area contributed by atoms with Gasteiger partial charge in [0.25, 0.3) is 0 Å². The molecule has 8 heteroatoms. The normalized spacial score (nSPS) is 19.8. The standard InChI is InChI=1S/C24H41N5O3/c1-5-6-13-32-23(31)29-21(19-9-7-17(2)8-10-19)22(30)28-20-14-18(11-12-27-20)15-26-16-24(3,4)25/h11-12,14,17,19,21,26H,5-10,13,15-16,25H2,1-4H3,(H,29,31)(H,27,28,30)/t17?,19?,21-/m0/s1. The predicted molar refractivity (Wildman–Crippen MR) is 127 cm³/mol. The monoisotopic (exact) mass is 447 g/mol. The van der Waals surface area contributed by atoms with Gasteiger partial charge in [-0.15, -0.1) is 0 Å². The molecule has 1 aliphatic rings. The lowest BCUT2D eigenvalue weighted by Gasteiger charge is -2.32. The average molecular weight is 448 g/mol. The third-order valence-electron chi connectivity index (χ3n) is 5.80. The van der Waals surface area contributed by atoms with Crippen molar-refractivity contribution >= 4 is 17.8 Å². The third kappa shape index (κ3) is 9.53. The molecule has 2 rings (SSSR count). The fraction of sp³-hybridized carbons (Fsp3) is 0.708. The molecule has 1 aliphatic carbocycles.